The number of benzene rings is 3. The fraction of sp³-hybridized carbons (Fsp3) is 0.130. The Kier molecular flexibility index (Phi) is 6.26. The fourth-order valence-electron chi connectivity index (χ4n) is 3.17. The predicted molar refractivity (Wildman–Crippen MR) is 121 cm³/mol. The molecule has 0 radical (unpaired) electrons. The summed E-state index contributed by atoms with van der Waals surface area (Å²) in [6, 6.07) is 22.9. The quantitative estimate of drug-likeness (QED) is 0.559. The fourth-order valence-corrected chi connectivity index (χ4v) is 4.38. The molecule has 1 atom stereocenters. The van der Waals surface area contributed by atoms with Crippen molar-refractivity contribution in [1.82, 2.24) is 0 Å². The second-order valence-corrected chi connectivity index (χ2v) is 8.28. The topological polar surface area (TPSA) is 67.4 Å². The van der Waals surface area contributed by atoms with Gasteiger partial charge < -0.3 is 15.4 Å². The predicted octanol–water partition coefficient (Wildman–Crippen LogP) is 5.13. The third-order valence-electron chi connectivity index (χ3n) is 4.55. The van der Waals surface area contributed by atoms with Crippen molar-refractivity contribution in [2.75, 3.05) is 23.0 Å². The number of hydrogen-bond acceptors (Lipinski definition) is 4. The minimum atomic E-state index is -0.213. The van der Waals surface area contributed by atoms with Gasteiger partial charge in [0.2, 0.25) is 5.91 Å². The van der Waals surface area contributed by atoms with Crippen LogP contribution in [0.15, 0.2) is 72.8 Å². The summed E-state index contributed by atoms with van der Waals surface area (Å²) in [5, 5.41) is 6.31. The van der Waals surface area contributed by atoms with Crippen LogP contribution < -0.4 is 15.4 Å². The number of fused-ring (bicyclic) bond motifs is 1. The van der Waals surface area contributed by atoms with Crippen molar-refractivity contribution in [1.29, 1.82) is 0 Å². The Morgan fingerprint density at radius 1 is 1.07 bits per heavy atom. The molecular weight excluding hydrogens is 420 g/mol. The van der Waals surface area contributed by atoms with E-state index in [9.17, 15) is 9.59 Å². The number of ether oxygens (including phenoxy) is 1. The molecule has 0 fully saturated rings. The number of anilines is 2. The van der Waals surface area contributed by atoms with Gasteiger partial charge in [0.1, 0.15) is 5.75 Å². The number of thioether (sulfide) groups is 1. The van der Waals surface area contributed by atoms with Gasteiger partial charge in [0, 0.05) is 10.7 Å². The first kappa shape index (κ1) is 20.3. The highest BCUT2D eigenvalue weighted by molar-refractivity contribution is 8.00. The first-order valence-corrected chi connectivity index (χ1v) is 10.8. The van der Waals surface area contributed by atoms with Crippen LogP contribution in [-0.4, -0.2) is 24.2 Å². The summed E-state index contributed by atoms with van der Waals surface area (Å²) in [7, 11) is 0. The largest absolute Gasteiger partial charge is 0.482 e. The highest BCUT2D eigenvalue weighted by atomic mass is 35.5. The van der Waals surface area contributed by atoms with Gasteiger partial charge in [-0.2, -0.15) is 0 Å². The average Bonchev–Trinajstić information content (AvgIpc) is 2.75. The summed E-state index contributed by atoms with van der Waals surface area (Å²) in [6.07, 6.45) is 0. The molecule has 2 amide bonds. The van der Waals surface area contributed by atoms with Crippen LogP contribution in [0.2, 0.25) is 5.02 Å². The molecule has 7 heteroatoms. The second-order valence-electron chi connectivity index (χ2n) is 6.75. The summed E-state index contributed by atoms with van der Waals surface area (Å²) in [5.41, 5.74) is 3.36. The van der Waals surface area contributed by atoms with E-state index in [4.69, 9.17) is 16.3 Å². The van der Waals surface area contributed by atoms with Gasteiger partial charge in [-0.3, -0.25) is 9.59 Å². The molecule has 1 aliphatic rings. The molecule has 1 unspecified atom stereocenters. The van der Waals surface area contributed by atoms with E-state index in [1.165, 1.54) is 0 Å². The molecule has 0 saturated heterocycles. The van der Waals surface area contributed by atoms with Crippen LogP contribution in [0.25, 0.3) is 0 Å². The zero-order chi connectivity index (χ0) is 20.9. The number of carbonyl (C=O) groups excluding carboxylic acids is 2. The van der Waals surface area contributed by atoms with Crippen LogP contribution in [0.5, 0.6) is 5.75 Å². The Morgan fingerprint density at radius 2 is 1.80 bits per heavy atom. The molecule has 0 bridgehead atoms. The number of hydrogen-bond donors (Lipinski definition) is 2. The first-order chi connectivity index (χ1) is 14.6. The van der Waals surface area contributed by atoms with Crippen molar-refractivity contribution >= 4 is 46.6 Å². The molecule has 0 aromatic heterocycles. The molecule has 5 nitrogen and oxygen atoms in total. The molecule has 30 heavy (non-hydrogen) atoms. The molecule has 152 valence electrons. The second kappa shape index (κ2) is 9.24. The molecule has 0 spiro atoms. The van der Waals surface area contributed by atoms with Gasteiger partial charge in [0.05, 0.1) is 16.7 Å². The molecule has 4 rings (SSSR count). The van der Waals surface area contributed by atoms with Crippen LogP contribution in [0.4, 0.5) is 11.4 Å². The standard InChI is InChI=1S/C23H19ClN2O3S/c24-17-8-6-16(7-9-17)23(15-4-2-1-3-5-15)30-14-22(28)25-18-10-11-20-19(12-18)26-21(27)13-29-20/h1-12,23H,13-14H2,(H,25,28)(H,26,27). The summed E-state index contributed by atoms with van der Waals surface area (Å²) in [5.74, 6) is 0.518. The van der Waals surface area contributed by atoms with Gasteiger partial charge in [0.25, 0.3) is 5.91 Å². The lowest BCUT2D eigenvalue weighted by Gasteiger charge is -2.19. The van der Waals surface area contributed by atoms with Crippen LogP contribution in [-0.2, 0) is 9.59 Å². The molecule has 1 aliphatic heterocycles. The molecular formula is C23H19ClN2O3S. The highest BCUT2D eigenvalue weighted by Gasteiger charge is 2.18. The summed E-state index contributed by atoms with van der Waals surface area (Å²) >= 11 is 7.57. The minimum Gasteiger partial charge on any atom is -0.482 e. The Hall–Kier alpha value is -2.96. The van der Waals surface area contributed by atoms with Gasteiger partial charge >= 0.3 is 0 Å². The zero-order valence-corrected chi connectivity index (χ0v) is 17.5. The van der Waals surface area contributed by atoms with Gasteiger partial charge in [-0.1, -0.05) is 54.1 Å². The van der Waals surface area contributed by atoms with Crippen LogP contribution in [0.1, 0.15) is 16.4 Å². The van der Waals surface area contributed by atoms with Crippen molar-refractivity contribution in [3.8, 4) is 5.75 Å². The number of halogens is 1. The van der Waals surface area contributed by atoms with E-state index in [2.05, 4.69) is 22.8 Å². The van der Waals surface area contributed by atoms with Crippen LogP contribution in [0.3, 0.4) is 0 Å². The monoisotopic (exact) mass is 438 g/mol. The Labute approximate surface area is 183 Å². The van der Waals surface area contributed by atoms with E-state index in [1.54, 1.807) is 30.0 Å². The lowest BCUT2D eigenvalue weighted by atomic mass is 10.0. The number of nitrogens with one attached hydrogen (secondary N) is 2. The SMILES string of the molecule is O=C(CSC(c1ccccc1)c1ccc(Cl)cc1)Nc1ccc2c(c1)NC(=O)CO2. The average molecular weight is 439 g/mol. The van der Waals surface area contributed by atoms with E-state index in [0.29, 0.717) is 22.1 Å². The van der Waals surface area contributed by atoms with E-state index in [-0.39, 0.29) is 29.4 Å². The van der Waals surface area contributed by atoms with E-state index in [1.807, 2.05) is 42.5 Å². The maximum atomic E-state index is 12.6. The third-order valence-corrected chi connectivity index (χ3v) is 6.11. The molecule has 0 aliphatic carbocycles. The number of amides is 2. The maximum Gasteiger partial charge on any atom is 0.262 e. The summed E-state index contributed by atoms with van der Waals surface area (Å²) in [6.45, 7) is 0.000911. The summed E-state index contributed by atoms with van der Waals surface area (Å²) < 4.78 is 5.34. The molecule has 3 aromatic rings. The summed E-state index contributed by atoms with van der Waals surface area (Å²) in [4.78, 5) is 24.1. The normalized spacial score (nSPS) is 13.6. The van der Waals surface area contributed by atoms with Gasteiger partial charge in [-0.25, -0.2) is 0 Å². The van der Waals surface area contributed by atoms with Crippen molar-refractivity contribution in [2.45, 2.75) is 5.25 Å². The number of rotatable bonds is 6. The first-order valence-electron chi connectivity index (χ1n) is 9.37. The smallest absolute Gasteiger partial charge is 0.262 e. The number of carbonyl (C=O) groups is 2. The maximum absolute atomic E-state index is 12.6. The molecule has 2 N–H and O–H groups in total. The van der Waals surface area contributed by atoms with Crippen LogP contribution >= 0.6 is 23.4 Å². The minimum absolute atomic E-state index is 0.000911. The van der Waals surface area contributed by atoms with Crippen LogP contribution in [0, 0.1) is 0 Å². The van der Waals surface area contributed by atoms with Crippen molar-refractivity contribution in [3.05, 3.63) is 88.9 Å². The Balaban J connectivity index is 1.44. The van der Waals surface area contributed by atoms with Crippen molar-refractivity contribution in [2.24, 2.45) is 0 Å². The van der Waals surface area contributed by atoms with Crippen molar-refractivity contribution < 1.29 is 14.3 Å². The van der Waals surface area contributed by atoms with E-state index < -0.39 is 0 Å². The third kappa shape index (κ3) is 4.96. The van der Waals surface area contributed by atoms with Gasteiger partial charge in [0.15, 0.2) is 6.61 Å². The van der Waals surface area contributed by atoms with Crippen molar-refractivity contribution in [3.63, 3.8) is 0 Å². The molecule has 0 saturated carbocycles. The Bertz CT molecular complexity index is 1060. The molecule has 1 heterocycles. The van der Waals surface area contributed by atoms with Gasteiger partial charge in [-0.05, 0) is 41.5 Å². The van der Waals surface area contributed by atoms with Gasteiger partial charge in [-0.15, -0.1) is 11.8 Å². The van der Waals surface area contributed by atoms with E-state index in [0.717, 1.165) is 11.1 Å². The Morgan fingerprint density at radius 3 is 2.57 bits per heavy atom. The highest BCUT2D eigenvalue weighted by Crippen LogP contribution is 2.36. The molecule has 3 aromatic carbocycles. The zero-order valence-electron chi connectivity index (χ0n) is 15.9. The lowest BCUT2D eigenvalue weighted by Crippen LogP contribution is -2.25. The van der Waals surface area contributed by atoms with E-state index >= 15 is 0 Å². The lowest BCUT2D eigenvalue weighted by molar-refractivity contribution is -0.118.